The number of rotatable bonds is 6. The fourth-order valence-corrected chi connectivity index (χ4v) is 3.48. The van der Waals surface area contributed by atoms with Crippen molar-refractivity contribution in [3.63, 3.8) is 0 Å². The maximum Gasteiger partial charge on any atom is 0.102 e. The molecule has 1 heterocycles. The van der Waals surface area contributed by atoms with E-state index in [1.165, 1.54) is 0 Å². The summed E-state index contributed by atoms with van der Waals surface area (Å²) in [5, 5.41) is 17.0. The van der Waals surface area contributed by atoms with Crippen LogP contribution in [0.1, 0.15) is 17.2 Å². The Morgan fingerprint density at radius 3 is 2.28 bits per heavy atom. The van der Waals surface area contributed by atoms with E-state index in [1.807, 2.05) is 16.8 Å². The van der Waals surface area contributed by atoms with Gasteiger partial charge in [0.1, 0.15) is 6.10 Å². The van der Waals surface area contributed by atoms with Gasteiger partial charge in [0.15, 0.2) is 0 Å². The van der Waals surface area contributed by atoms with Gasteiger partial charge in [0, 0.05) is 43.6 Å². The lowest BCUT2D eigenvalue weighted by atomic mass is 10.1. The fraction of sp³-hybridized carbons (Fsp3) is 0.167. The lowest BCUT2D eigenvalue weighted by Crippen LogP contribution is -2.13. The predicted molar refractivity (Wildman–Crippen MR) is 113 cm³/mol. The zero-order chi connectivity index (χ0) is 21.4. The van der Waals surface area contributed by atoms with E-state index in [1.54, 1.807) is 42.9 Å². The highest BCUT2D eigenvalue weighted by Crippen LogP contribution is 2.32. The van der Waals surface area contributed by atoms with Crippen LogP contribution in [-0.4, -0.2) is 14.6 Å². The Bertz CT molecular complexity index is 930. The third kappa shape index (κ3) is 7.38. The van der Waals surface area contributed by atoms with Gasteiger partial charge < -0.3 is 24.6 Å². The molecule has 29 heavy (non-hydrogen) atoms. The van der Waals surface area contributed by atoms with Gasteiger partial charge in [-0.15, -0.1) is 0 Å². The van der Waals surface area contributed by atoms with Gasteiger partial charge in [0.2, 0.25) is 0 Å². The summed E-state index contributed by atoms with van der Waals surface area (Å²) < 4.78 is 8.05. The third-order valence-corrected chi connectivity index (χ3v) is 5.01. The molecular weight excluding hydrogens is 464 g/mol. The van der Waals surface area contributed by atoms with Crippen molar-refractivity contribution in [3.8, 4) is 0 Å². The highest BCUT2D eigenvalue weighted by atomic mass is 35.5. The number of benzene rings is 2. The number of imidazole rings is 1. The summed E-state index contributed by atoms with van der Waals surface area (Å²) in [6.45, 7) is 0.806. The summed E-state index contributed by atoms with van der Waals surface area (Å²) in [6, 6.07) is 10.7. The van der Waals surface area contributed by atoms with Gasteiger partial charge in [0.05, 0.1) is 24.6 Å². The number of hydrogen-bond acceptors (Lipinski definition) is 5. The number of halogens is 4. The lowest BCUT2D eigenvalue weighted by molar-refractivity contribution is -0.402. The van der Waals surface area contributed by atoms with Crippen molar-refractivity contribution in [2.45, 2.75) is 19.3 Å². The molecule has 0 amide bonds. The van der Waals surface area contributed by atoms with Crippen LogP contribution in [0.5, 0.6) is 0 Å². The van der Waals surface area contributed by atoms with Crippen molar-refractivity contribution < 1.29 is 9.82 Å². The van der Waals surface area contributed by atoms with Crippen molar-refractivity contribution >= 4 is 46.4 Å². The van der Waals surface area contributed by atoms with Crippen LogP contribution in [0.15, 0.2) is 55.1 Å². The van der Waals surface area contributed by atoms with Gasteiger partial charge in [-0.1, -0.05) is 58.5 Å². The Labute approximate surface area is 186 Å². The molecule has 11 heteroatoms. The summed E-state index contributed by atoms with van der Waals surface area (Å²) >= 11 is 24.8. The highest BCUT2D eigenvalue weighted by molar-refractivity contribution is 6.36. The second-order valence-electron chi connectivity index (χ2n) is 5.65. The molecule has 0 saturated carbocycles. The molecule has 0 spiro atoms. The van der Waals surface area contributed by atoms with Crippen LogP contribution in [0.25, 0.3) is 0 Å². The third-order valence-electron chi connectivity index (χ3n) is 3.74. The van der Waals surface area contributed by atoms with Crippen LogP contribution < -0.4 is 0 Å². The Hall–Kier alpha value is -2.03. The van der Waals surface area contributed by atoms with Gasteiger partial charge in [0.25, 0.3) is 0 Å². The van der Waals surface area contributed by atoms with E-state index in [9.17, 15) is 0 Å². The number of nitrogens with zero attached hydrogens (tertiary/aromatic N) is 3. The quantitative estimate of drug-likeness (QED) is 0.310. The minimum atomic E-state index is -1.75. The SMILES string of the molecule is Clc1ccc(C(Cn2ccnc2)OCc2c(Cl)cccc2Cl)c(Cl)c1.O=[N+]([O-])[O-]. The van der Waals surface area contributed by atoms with Crippen molar-refractivity contribution in [2.75, 3.05) is 0 Å². The molecule has 0 N–H and O–H groups in total. The minimum absolute atomic E-state index is 0.261. The first kappa shape index (κ1) is 23.3. The molecule has 0 saturated heterocycles. The van der Waals surface area contributed by atoms with Gasteiger partial charge in [-0.2, -0.15) is 0 Å². The van der Waals surface area contributed by atoms with Crippen molar-refractivity contribution in [3.05, 3.63) is 102 Å². The molecule has 0 aliphatic carbocycles. The average Bonchev–Trinajstić information content (AvgIpc) is 3.13. The Morgan fingerprint density at radius 1 is 1.07 bits per heavy atom. The topological polar surface area (TPSA) is 93.2 Å². The molecule has 1 unspecified atom stereocenters. The highest BCUT2D eigenvalue weighted by Gasteiger charge is 2.18. The monoisotopic (exact) mass is 476 g/mol. The van der Waals surface area contributed by atoms with E-state index < -0.39 is 5.09 Å². The summed E-state index contributed by atoms with van der Waals surface area (Å²) in [7, 11) is 0. The van der Waals surface area contributed by atoms with Crippen LogP contribution in [0.2, 0.25) is 20.1 Å². The molecule has 0 fully saturated rings. The molecule has 3 rings (SSSR count). The molecule has 7 nitrogen and oxygen atoms in total. The van der Waals surface area contributed by atoms with Gasteiger partial charge in [-0.3, -0.25) is 0 Å². The van der Waals surface area contributed by atoms with E-state index in [4.69, 9.17) is 66.5 Å². The van der Waals surface area contributed by atoms with Crippen molar-refractivity contribution in [1.29, 1.82) is 0 Å². The largest absolute Gasteiger partial charge is 0.367 e. The van der Waals surface area contributed by atoms with Crippen LogP contribution in [-0.2, 0) is 17.9 Å². The Balaban J connectivity index is 0.000000687. The van der Waals surface area contributed by atoms with E-state index >= 15 is 0 Å². The van der Waals surface area contributed by atoms with E-state index in [2.05, 4.69) is 4.98 Å². The molecule has 2 aromatic carbocycles. The summed E-state index contributed by atoms with van der Waals surface area (Å²) in [6.07, 6.45) is 4.99. The van der Waals surface area contributed by atoms with E-state index in [0.29, 0.717) is 26.6 Å². The van der Waals surface area contributed by atoms with Crippen LogP contribution in [0.4, 0.5) is 0 Å². The summed E-state index contributed by atoms with van der Waals surface area (Å²) in [4.78, 5) is 12.3. The first-order valence-electron chi connectivity index (χ1n) is 8.04. The molecule has 0 aliphatic heterocycles. The molecule has 0 radical (unpaired) electrons. The van der Waals surface area contributed by atoms with Crippen molar-refractivity contribution in [1.82, 2.24) is 9.55 Å². The number of hydrogen-bond donors (Lipinski definition) is 0. The zero-order valence-corrected chi connectivity index (χ0v) is 17.7. The van der Waals surface area contributed by atoms with Crippen LogP contribution in [0, 0.1) is 15.3 Å². The average molecular weight is 478 g/mol. The van der Waals surface area contributed by atoms with E-state index in [0.717, 1.165) is 11.1 Å². The maximum absolute atomic E-state index is 8.25. The van der Waals surface area contributed by atoms with Gasteiger partial charge in [-0.25, -0.2) is 4.98 Å². The first-order valence-corrected chi connectivity index (χ1v) is 9.55. The summed E-state index contributed by atoms with van der Waals surface area (Å²) in [5.41, 5.74) is 1.58. The second-order valence-corrected chi connectivity index (χ2v) is 7.31. The molecule has 0 bridgehead atoms. The van der Waals surface area contributed by atoms with Gasteiger partial charge in [-0.05, 0) is 24.3 Å². The number of ether oxygens (including phenoxy) is 1. The maximum atomic E-state index is 8.25. The second kappa shape index (κ2) is 11.2. The first-order chi connectivity index (χ1) is 13.8. The lowest BCUT2D eigenvalue weighted by Gasteiger charge is -2.21. The molecule has 1 atom stereocenters. The van der Waals surface area contributed by atoms with Crippen LogP contribution in [0.3, 0.4) is 0 Å². The Kier molecular flexibility index (Phi) is 9.00. The normalized spacial score (nSPS) is 11.4. The standard InChI is InChI=1S/C18H14Cl4N2O.NO3/c19-12-4-5-13(17(22)8-12)18(9-24-7-6-23-11-24)25-10-14-15(20)2-1-3-16(14)21;2-1(3)4/h1-8,11,18H,9-10H2;/q;-1. The molecule has 0 aliphatic rings. The van der Waals surface area contributed by atoms with E-state index in [-0.39, 0.29) is 12.7 Å². The molecule has 3 aromatic rings. The number of aromatic nitrogens is 2. The predicted octanol–water partition coefficient (Wildman–Crippen LogP) is 6.22. The molecule has 154 valence electrons. The molecular formula is C18H14Cl4N3O4-. The smallest absolute Gasteiger partial charge is 0.102 e. The van der Waals surface area contributed by atoms with Gasteiger partial charge >= 0.3 is 0 Å². The molecule has 1 aromatic heterocycles. The van der Waals surface area contributed by atoms with Crippen LogP contribution >= 0.6 is 46.4 Å². The minimum Gasteiger partial charge on any atom is -0.367 e. The fourth-order valence-electron chi connectivity index (χ4n) is 2.44. The summed E-state index contributed by atoms with van der Waals surface area (Å²) in [5.74, 6) is 0. The van der Waals surface area contributed by atoms with Crippen molar-refractivity contribution in [2.24, 2.45) is 0 Å². The Morgan fingerprint density at radius 2 is 1.72 bits per heavy atom. The zero-order valence-electron chi connectivity index (χ0n) is 14.7.